The lowest BCUT2D eigenvalue weighted by atomic mass is 10.2. The van der Waals surface area contributed by atoms with Crippen LogP contribution in [0.25, 0.3) is 0 Å². The molecule has 2 rings (SSSR count). The van der Waals surface area contributed by atoms with Crippen LogP contribution in [0.3, 0.4) is 0 Å². The maximum atomic E-state index is 12.2. The van der Waals surface area contributed by atoms with Crippen molar-refractivity contribution in [2.24, 2.45) is 0 Å². The molecule has 1 atom stereocenters. The molecule has 6 heteroatoms. The minimum atomic E-state index is -3.09. The van der Waals surface area contributed by atoms with E-state index < -0.39 is 10.0 Å². The highest BCUT2D eigenvalue weighted by molar-refractivity contribution is 7.89. The summed E-state index contributed by atoms with van der Waals surface area (Å²) in [7, 11) is -3.09. The molecule has 0 radical (unpaired) electrons. The van der Waals surface area contributed by atoms with Gasteiger partial charge in [-0.15, -0.1) is 0 Å². The van der Waals surface area contributed by atoms with E-state index in [-0.39, 0.29) is 5.25 Å². The minimum absolute atomic E-state index is 0.232. The summed E-state index contributed by atoms with van der Waals surface area (Å²) < 4.78 is 31.1. The van der Waals surface area contributed by atoms with Crippen molar-refractivity contribution in [3.63, 3.8) is 0 Å². The van der Waals surface area contributed by atoms with E-state index in [1.54, 1.807) is 4.31 Å². The van der Waals surface area contributed by atoms with E-state index in [4.69, 9.17) is 4.74 Å². The molecule has 88 valence electrons. The van der Waals surface area contributed by atoms with Gasteiger partial charge in [-0.25, -0.2) is 8.42 Å². The smallest absolute Gasteiger partial charge is 0.218 e. The molecular weight excluding hydrogens is 216 g/mol. The van der Waals surface area contributed by atoms with Gasteiger partial charge >= 0.3 is 0 Å². The van der Waals surface area contributed by atoms with Gasteiger partial charge in [-0.1, -0.05) is 0 Å². The number of rotatable bonds is 2. The first-order valence-corrected chi connectivity index (χ1v) is 6.99. The molecule has 2 saturated heterocycles. The summed E-state index contributed by atoms with van der Waals surface area (Å²) in [5, 5.41) is 2.91. The molecule has 2 heterocycles. The molecule has 0 aromatic heterocycles. The molecule has 5 nitrogen and oxygen atoms in total. The summed E-state index contributed by atoms with van der Waals surface area (Å²) in [6.45, 7) is 3.62. The Morgan fingerprint density at radius 3 is 2.60 bits per heavy atom. The Balaban J connectivity index is 2.03. The largest absolute Gasteiger partial charge is 0.379 e. The minimum Gasteiger partial charge on any atom is -0.379 e. The lowest BCUT2D eigenvalue weighted by molar-refractivity contribution is 0.0724. The normalized spacial score (nSPS) is 30.3. The number of nitrogens with zero attached hydrogens (tertiary/aromatic N) is 1. The first-order chi connectivity index (χ1) is 7.21. The molecule has 1 N–H and O–H groups in total. The van der Waals surface area contributed by atoms with Gasteiger partial charge in [0.15, 0.2) is 0 Å². The number of nitrogens with one attached hydrogen (secondary N) is 1. The molecule has 2 aliphatic rings. The Morgan fingerprint density at radius 2 is 2.00 bits per heavy atom. The van der Waals surface area contributed by atoms with Crippen LogP contribution in [-0.2, 0) is 14.8 Å². The number of ether oxygens (including phenoxy) is 1. The fourth-order valence-corrected chi connectivity index (χ4v) is 3.96. The fraction of sp³-hybridized carbons (Fsp3) is 1.00. The van der Waals surface area contributed by atoms with Crippen molar-refractivity contribution < 1.29 is 13.2 Å². The second-order valence-corrected chi connectivity index (χ2v) is 6.24. The maximum absolute atomic E-state index is 12.2. The predicted octanol–water partition coefficient (Wildman–Crippen LogP) is -0.600. The van der Waals surface area contributed by atoms with Crippen LogP contribution in [0.15, 0.2) is 0 Å². The van der Waals surface area contributed by atoms with Crippen LogP contribution in [0.2, 0.25) is 0 Å². The number of morpholine rings is 1. The van der Waals surface area contributed by atoms with Gasteiger partial charge in [-0.3, -0.25) is 0 Å². The molecule has 2 fully saturated rings. The highest BCUT2D eigenvalue weighted by atomic mass is 32.2. The molecule has 2 aliphatic heterocycles. The second-order valence-electron chi connectivity index (χ2n) is 4.02. The van der Waals surface area contributed by atoms with Crippen LogP contribution in [-0.4, -0.2) is 57.4 Å². The van der Waals surface area contributed by atoms with Crippen molar-refractivity contribution in [1.82, 2.24) is 9.62 Å². The van der Waals surface area contributed by atoms with Crippen LogP contribution < -0.4 is 5.32 Å². The van der Waals surface area contributed by atoms with Crippen LogP contribution in [0.1, 0.15) is 12.8 Å². The van der Waals surface area contributed by atoms with Crippen LogP contribution in [0.5, 0.6) is 0 Å². The molecule has 0 aromatic rings. The summed E-state index contributed by atoms with van der Waals surface area (Å²) in [5.41, 5.74) is 0. The standard InChI is InChI=1S/C9H18N2O3S/c12-15(13,9-2-1-3-10-8-9)11-4-6-14-7-5-11/h9-10H,1-8H2. The molecular formula is C9H18N2O3S. The molecule has 1 unspecified atom stereocenters. The van der Waals surface area contributed by atoms with Gasteiger partial charge in [0.05, 0.1) is 18.5 Å². The van der Waals surface area contributed by atoms with Crippen LogP contribution >= 0.6 is 0 Å². The van der Waals surface area contributed by atoms with Gasteiger partial charge in [0.1, 0.15) is 0 Å². The van der Waals surface area contributed by atoms with Crippen molar-refractivity contribution in [2.45, 2.75) is 18.1 Å². The summed E-state index contributed by atoms with van der Waals surface area (Å²) in [6.07, 6.45) is 1.74. The number of piperidine rings is 1. The first kappa shape index (κ1) is 11.3. The third kappa shape index (κ3) is 2.50. The monoisotopic (exact) mass is 234 g/mol. The number of sulfonamides is 1. The predicted molar refractivity (Wildman–Crippen MR) is 57.2 cm³/mol. The van der Waals surface area contributed by atoms with Gasteiger partial charge in [-0.2, -0.15) is 4.31 Å². The van der Waals surface area contributed by atoms with E-state index in [1.165, 1.54) is 0 Å². The molecule has 0 saturated carbocycles. The molecule has 15 heavy (non-hydrogen) atoms. The van der Waals surface area contributed by atoms with Crippen molar-refractivity contribution >= 4 is 10.0 Å². The molecule has 0 amide bonds. The van der Waals surface area contributed by atoms with E-state index in [0.717, 1.165) is 19.4 Å². The van der Waals surface area contributed by atoms with Crippen molar-refractivity contribution in [1.29, 1.82) is 0 Å². The Labute approximate surface area is 90.8 Å². The van der Waals surface area contributed by atoms with Crippen molar-refractivity contribution in [3.05, 3.63) is 0 Å². The average Bonchev–Trinajstić information content (AvgIpc) is 2.31. The number of hydrogen-bond donors (Lipinski definition) is 1. The second kappa shape index (κ2) is 4.78. The van der Waals surface area contributed by atoms with Gasteiger partial charge in [0.2, 0.25) is 10.0 Å². The Hall–Kier alpha value is -0.170. The Morgan fingerprint density at radius 1 is 1.27 bits per heavy atom. The highest BCUT2D eigenvalue weighted by Crippen LogP contribution is 2.17. The first-order valence-electron chi connectivity index (χ1n) is 5.49. The molecule has 0 aromatic carbocycles. The molecule has 0 bridgehead atoms. The number of hydrogen-bond acceptors (Lipinski definition) is 4. The van der Waals surface area contributed by atoms with E-state index in [9.17, 15) is 8.42 Å². The van der Waals surface area contributed by atoms with Crippen LogP contribution in [0.4, 0.5) is 0 Å². The van der Waals surface area contributed by atoms with E-state index >= 15 is 0 Å². The van der Waals surface area contributed by atoms with E-state index in [0.29, 0.717) is 32.8 Å². The van der Waals surface area contributed by atoms with Crippen molar-refractivity contribution in [3.8, 4) is 0 Å². The Kier molecular flexibility index (Phi) is 3.60. The molecule has 0 aliphatic carbocycles. The lowest BCUT2D eigenvalue weighted by Crippen LogP contribution is -2.49. The summed E-state index contributed by atoms with van der Waals surface area (Å²) >= 11 is 0. The van der Waals surface area contributed by atoms with Gasteiger partial charge in [-0.05, 0) is 19.4 Å². The van der Waals surface area contributed by atoms with Crippen LogP contribution in [0, 0.1) is 0 Å². The fourth-order valence-electron chi connectivity index (χ4n) is 2.09. The zero-order valence-corrected chi connectivity index (χ0v) is 9.63. The van der Waals surface area contributed by atoms with E-state index in [1.807, 2.05) is 0 Å². The summed E-state index contributed by atoms with van der Waals surface area (Å²) in [4.78, 5) is 0. The highest BCUT2D eigenvalue weighted by Gasteiger charge is 2.33. The van der Waals surface area contributed by atoms with Gasteiger partial charge in [0, 0.05) is 19.6 Å². The zero-order valence-electron chi connectivity index (χ0n) is 8.81. The quantitative estimate of drug-likeness (QED) is 0.693. The maximum Gasteiger partial charge on any atom is 0.218 e. The summed E-state index contributed by atoms with van der Waals surface area (Å²) in [6, 6.07) is 0. The topological polar surface area (TPSA) is 58.6 Å². The van der Waals surface area contributed by atoms with Gasteiger partial charge < -0.3 is 10.1 Å². The lowest BCUT2D eigenvalue weighted by Gasteiger charge is -2.32. The SMILES string of the molecule is O=S(=O)(C1CCCNC1)N1CCOCC1. The van der Waals surface area contributed by atoms with Gasteiger partial charge in [0.25, 0.3) is 0 Å². The van der Waals surface area contributed by atoms with Crippen molar-refractivity contribution in [2.75, 3.05) is 39.4 Å². The summed E-state index contributed by atoms with van der Waals surface area (Å²) in [5.74, 6) is 0. The Bertz CT molecular complexity index is 268. The zero-order chi connectivity index (χ0) is 10.7. The van der Waals surface area contributed by atoms with E-state index in [2.05, 4.69) is 5.32 Å². The molecule has 0 spiro atoms. The third-order valence-corrected chi connectivity index (χ3v) is 5.33. The average molecular weight is 234 g/mol. The third-order valence-electron chi connectivity index (χ3n) is 3.00.